The van der Waals surface area contributed by atoms with Crippen molar-refractivity contribution in [2.75, 3.05) is 13.1 Å². The summed E-state index contributed by atoms with van der Waals surface area (Å²) in [5.74, 6) is -3.52. The van der Waals surface area contributed by atoms with Crippen LogP contribution in [0.5, 0.6) is 0 Å². The number of hydrogen-bond acceptors (Lipinski definition) is 4. The smallest absolute Gasteiger partial charge is 0.386 e. The summed E-state index contributed by atoms with van der Waals surface area (Å²) >= 11 is 11.9. The van der Waals surface area contributed by atoms with Gasteiger partial charge in [0, 0.05) is 35.2 Å². The molecule has 2 unspecified atom stereocenters. The van der Waals surface area contributed by atoms with Crippen LogP contribution < -0.4 is 5.32 Å². The molecule has 0 saturated carbocycles. The van der Waals surface area contributed by atoms with E-state index in [1.165, 1.54) is 0 Å². The first-order chi connectivity index (χ1) is 20.7. The van der Waals surface area contributed by atoms with Crippen LogP contribution in [0.25, 0.3) is 0 Å². The third-order valence-electron chi connectivity index (χ3n) is 8.48. The first kappa shape index (κ1) is 28.3. The molecular formula is C33H24Cl2F4N2O2. The van der Waals surface area contributed by atoms with Crippen molar-refractivity contribution < 1.29 is 27.1 Å². The molecule has 3 atom stereocenters. The van der Waals surface area contributed by atoms with Crippen molar-refractivity contribution in [2.24, 2.45) is 11.1 Å². The number of nitrogens with one attached hydrogen (secondary N) is 1. The Bertz CT molecular complexity index is 1670. The molecule has 0 amide bonds. The van der Waals surface area contributed by atoms with E-state index in [2.05, 4.69) is 10.5 Å². The van der Waals surface area contributed by atoms with Crippen LogP contribution in [0.2, 0.25) is 10.0 Å². The molecule has 0 radical (unpaired) electrons. The molecule has 1 spiro atoms. The van der Waals surface area contributed by atoms with Gasteiger partial charge in [0.15, 0.2) is 6.10 Å². The van der Waals surface area contributed by atoms with E-state index >= 15 is 0 Å². The van der Waals surface area contributed by atoms with Gasteiger partial charge in [0.1, 0.15) is 23.0 Å². The fourth-order valence-electron chi connectivity index (χ4n) is 6.43. The van der Waals surface area contributed by atoms with Gasteiger partial charge in [-0.3, -0.25) is 0 Å². The van der Waals surface area contributed by atoms with E-state index in [1.807, 2.05) is 66.7 Å². The Labute approximate surface area is 255 Å². The number of rotatable bonds is 5. The molecule has 4 nitrogen and oxygen atoms in total. The summed E-state index contributed by atoms with van der Waals surface area (Å²) in [7, 11) is 0. The lowest BCUT2D eigenvalue weighted by Crippen LogP contribution is -2.56. The predicted molar refractivity (Wildman–Crippen MR) is 156 cm³/mol. The van der Waals surface area contributed by atoms with Crippen LogP contribution in [0.1, 0.15) is 51.5 Å². The molecule has 3 aliphatic heterocycles. The fourth-order valence-corrected chi connectivity index (χ4v) is 6.94. The van der Waals surface area contributed by atoms with Gasteiger partial charge in [-0.05, 0) is 40.5 Å². The summed E-state index contributed by atoms with van der Waals surface area (Å²) < 4.78 is 65.9. The molecule has 0 aromatic heterocycles. The number of alkyl halides is 3. The maximum atomic E-state index is 15.0. The summed E-state index contributed by atoms with van der Waals surface area (Å²) in [6, 6.07) is 27.2. The van der Waals surface area contributed by atoms with Gasteiger partial charge in [0.2, 0.25) is 0 Å². The largest absolute Gasteiger partial charge is 0.401 e. The highest BCUT2D eigenvalue weighted by Gasteiger charge is 2.56. The highest BCUT2D eigenvalue weighted by molar-refractivity contribution is 6.34. The summed E-state index contributed by atoms with van der Waals surface area (Å²) in [5, 5.41) is 6.76. The average molecular weight is 627 g/mol. The van der Waals surface area contributed by atoms with Gasteiger partial charge >= 0.3 is 6.18 Å². The van der Waals surface area contributed by atoms with Gasteiger partial charge in [-0.2, -0.15) is 13.2 Å². The van der Waals surface area contributed by atoms with Crippen LogP contribution in [0.15, 0.2) is 96.2 Å². The first-order valence-electron chi connectivity index (χ1n) is 13.7. The second-order valence-corrected chi connectivity index (χ2v) is 11.9. The summed E-state index contributed by atoms with van der Waals surface area (Å²) in [4.78, 5) is 5.31. The van der Waals surface area contributed by atoms with Crippen molar-refractivity contribution in [3.8, 4) is 0 Å². The third-order valence-corrected chi connectivity index (χ3v) is 8.97. The molecule has 3 heterocycles. The second-order valence-electron chi connectivity index (χ2n) is 11.1. The molecule has 3 aliphatic rings. The van der Waals surface area contributed by atoms with Gasteiger partial charge in [-0.1, -0.05) is 101 Å². The van der Waals surface area contributed by atoms with E-state index in [0.717, 1.165) is 34.4 Å². The zero-order valence-corrected chi connectivity index (χ0v) is 23.9. The number of halogens is 6. The van der Waals surface area contributed by atoms with E-state index in [1.54, 1.807) is 12.1 Å². The minimum atomic E-state index is -4.81. The Morgan fingerprint density at radius 2 is 1.51 bits per heavy atom. The molecule has 4 aromatic rings. The Morgan fingerprint density at radius 3 is 2.09 bits per heavy atom. The van der Waals surface area contributed by atoms with E-state index < -0.39 is 46.3 Å². The molecule has 0 aliphatic carbocycles. The Balaban J connectivity index is 1.34. The number of benzene rings is 4. The fraction of sp³-hybridized carbons (Fsp3) is 0.242. The van der Waals surface area contributed by atoms with Crippen molar-refractivity contribution in [3.05, 3.63) is 140 Å². The van der Waals surface area contributed by atoms with Gasteiger partial charge in [-0.25, -0.2) is 4.39 Å². The van der Waals surface area contributed by atoms with Crippen molar-refractivity contribution in [3.63, 3.8) is 0 Å². The van der Waals surface area contributed by atoms with E-state index in [4.69, 9.17) is 32.8 Å². The van der Waals surface area contributed by atoms with E-state index in [9.17, 15) is 17.6 Å². The van der Waals surface area contributed by atoms with Gasteiger partial charge in [0.25, 0.3) is 0 Å². The van der Waals surface area contributed by atoms with Gasteiger partial charge in [-0.15, -0.1) is 0 Å². The summed E-state index contributed by atoms with van der Waals surface area (Å²) in [5.41, 5.74) is 2.60. The van der Waals surface area contributed by atoms with Crippen LogP contribution in [-0.2, 0) is 15.2 Å². The molecule has 220 valence electrons. The molecule has 0 bridgehead atoms. The number of fused-ring (bicyclic) bond motifs is 2. The van der Waals surface area contributed by atoms with Crippen LogP contribution in [0, 0.1) is 11.7 Å². The monoisotopic (exact) mass is 626 g/mol. The Morgan fingerprint density at radius 1 is 0.860 bits per heavy atom. The number of nitrogens with zero attached hydrogens (tertiary/aromatic N) is 1. The maximum absolute atomic E-state index is 15.0. The number of oxime groups is 1. The minimum Gasteiger partial charge on any atom is -0.386 e. The molecular weight excluding hydrogens is 603 g/mol. The number of hydrogen-bond donors (Lipinski definition) is 1. The van der Waals surface area contributed by atoms with Crippen LogP contribution >= 0.6 is 23.2 Å². The average Bonchev–Trinajstić information content (AvgIpc) is 3.57. The van der Waals surface area contributed by atoms with Crippen LogP contribution in [0.4, 0.5) is 17.6 Å². The van der Waals surface area contributed by atoms with Crippen molar-refractivity contribution >= 4 is 28.9 Å². The minimum absolute atomic E-state index is 0.0100. The predicted octanol–water partition coefficient (Wildman–Crippen LogP) is 8.49. The highest BCUT2D eigenvalue weighted by Crippen LogP contribution is 2.54. The van der Waals surface area contributed by atoms with Gasteiger partial charge in [0.05, 0.1) is 11.1 Å². The maximum Gasteiger partial charge on any atom is 0.401 e. The lowest BCUT2D eigenvalue weighted by atomic mass is 9.79. The van der Waals surface area contributed by atoms with Crippen molar-refractivity contribution in [2.45, 2.75) is 29.9 Å². The zero-order valence-electron chi connectivity index (χ0n) is 22.4. The van der Waals surface area contributed by atoms with Crippen LogP contribution in [-0.4, -0.2) is 25.0 Å². The third kappa shape index (κ3) is 4.81. The molecule has 43 heavy (non-hydrogen) atoms. The molecule has 1 N–H and O–H groups in total. The molecule has 1 saturated heterocycles. The molecule has 4 aromatic carbocycles. The van der Waals surface area contributed by atoms with Gasteiger partial charge < -0.3 is 14.9 Å². The SMILES string of the molecule is Fc1c(Cl)cc(Cl)cc1C1ON=C(c2ccc3c(c2)[C@@H](C(c2ccccc2)c2ccccc2)OC32CNC2)C1C(F)(F)F. The highest BCUT2D eigenvalue weighted by atomic mass is 35.5. The quantitative estimate of drug-likeness (QED) is 0.178. The van der Waals surface area contributed by atoms with Crippen LogP contribution in [0.3, 0.4) is 0 Å². The van der Waals surface area contributed by atoms with Crippen molar-refractivity contribution in [1.29, 1.82) is 0 Å². The summed E-state index contributed by atoms with van der Waals surface area (Å²) in [6.45, 7) is 1.16. The number of ether oxygens (including phenoxy) is 1. The van der Waals surface area contributed by atoms with E-state index in [-0.39, 0.29) is 22.2 Å². The standard InChI is InChI=1S/C33H24Cl2F4N2O2/c34-21-14-23(28(36)25(35)15-21)31-27(33(37,38)39)29(41-43-31)20-11-12-24-22(13-20)30(42-32(24)16-40-17-32)26(18-7-3-1-4-8-18)19-9-5-2-6-10-19/h1-15,26-27,30-31,40H,16-17H2/t27?,30-,31?/m0/s1. The van der Waals surface area contributed by atoms with E-state index in [0.29, 0.717) is 13.1 Å². The normalized spacial score (nSPS) is 22.3. The topological polar surface area (TPSA) is 42.9 Å². The summed E-state index contributed by atoms with van der Waals surface area (Å²) in [6.07, 6.45) is -7.10. The van der Waals surface area contributed by atoms with Crippen molar-refractivity contribution in [1.82, 2.24) is 5.32 Å². The Hall–Kier alpha value is -3.43. The molecule has 1 fully saturated rings. The molecule has 10 heteroatoms. The zero-order chi connectivity index (χ0) is 29.9. The lowest BCUT2D eigenvalue weighted by Gasteiger charge is -2.40. The molecule has 7 rings (SSSR count). The lowest BCUT2D eigenvalue weighted by molar-refractivity contribution is -0.178. The Kier molecular flexibility index (Phi) is 7.01. The second kappa shape index (κ2) is 10.6. The first-order valence-corrected chi connectivity index (χ1v) is 14.5.